The lowest BCUT2D eigenvalue weighted by atomic mass is 10.0. The number of benzene rings is 1. The predicted octanol–water partition coefficient (Wildman–Crippen LogP) is 3.38. The minimum absolute atomic E-state index is 0.837. The van der Waals surface area contributed by atoms with Crippen molar-refractivity contribution in [3.63, 3.8) is 0 Å². The first-order valence-corrected chi connectivity index (χ1v) is 9.41. The highest BCUT2D eigenvalue weighted by molar-refractivity contribution is 6.06. The molecule has 0 spiro atoms. The molecule has 0 bridgehead atoms. The molecular formula is C21H29N5O. The molecule has 0 unspecified atom stereocenters. The van der Waals surface area contributed by atoms with E-state index in [2.05, 4.69) is 46.6 Å². The number of hydrogen-bond acceptors (Lipinski definition) is 6. The summed E-state index contributed by atoms with van der Waals surface area (Å²) < 4.78 is 5.20. The Morgan fingerprint density at radius 2 is 1.96 bits per heavy atom. The summed E-state index contributed by atoms with van der Waals surface area (Å²) in [5.74, 6) is 1.89. The Kier molecular flexibility index (Phi) is 6.29. The molecule has 0 radical (unpaired) electrons. The lowest BCUT2D eigenvalue weighted by Crippen LogP contribution is -2.35. The fraction of sp³-hybridized carbons (Fsp3) is 0.429. The monoisotopic (exact) mass is 367 g/mol. The van der Waals surface area contributed by atoms with Crippen molar-refractivity contribution in [1.82, 2.24) is 9.88 Å². The maximum absolute atomic E-state index is 5.20. The average Bonchev–Trinajstić information content (AvgIpc) is 2.67. The second-order valence-electron chi connectivity index (χ2n) is 7.12. The molecule has 0 fully saturated rings. The van der Waals surface area contributed by atoms with E-state index >= 15 is 0 Å². The van der Waals surface area contributed by atoms with Crippen LogP contribution in [0, 0.1) is 6.92 Å². The van der Waals surface area contributed by atoms with Crippen LogP contribution >= 0.6 is 0 Å². The van der Waals surface area contributed by atoms with Gasteiger partial charge in [-0.1, -0.05) is 0 Å². The van der Waals surface area contributed by atoms with Crippen LogP contribution in [0.4, 0.5) is 11.5 Å². The zero-order chi connectivity index (χ0) is 19.2. The van der Waals surface area contributed by atoms with Crippen molar-refractivity contribution < 1.29 is 4.74 Å². The van der Waals surface area contributed by atoms with E-state index in [0.717, 1.165) is 66.7 Å². The number of methoxy groups -OCH3 is 1. The summed E-state index contributed by atoms with van der Waals surface area (Å²) in [7, 11) is 5.89. The predicted molar refractivity (Wildman–Crippen MR) is 112 cm³/mol. The summed E-state index contributed by atoms with van der Waals surface area (Å²) >= 11 is 0. The van der Waals surface area contributed by atoms with Crippen molar-refractivity contribution in [3.05, 3.63) is 47.7 Å². The van der Waals surface area contributed by atoms with Crippen LogP contribution in [0.25, 0.3) is 0 Å². The molecule has 1 aliphatic heterocycles. The second-order valence-corrected chi connectivity index (χ2v) is 7.12. The average molecular weight is 367 g/mol. The SMILES string of the molecule is COc1ccc(N/N=C2\CCN(CCCN(C)C)c3nc(C)ccc32)cc1. The van der Waals surface area contributed by atoms with Crippen LogP contribution in [0.5, 0.6) is 5.75 Å². The van der Waals surface area contributed by atoms with E-state index in [9.17, 15) is 0 Å². The molecule has 2 aromatic rings. The molecule has 0 atom stereocenters. The number of ether oxygens (including phenoxy) is 1. The Morgan fingerprint density at radius 3 is 2.67 bits per heavy atom. The van der Waals surface area contributed by atoms with Crippen molar-refractivity contribution in [2.45, 2.75) is 19.8 Å². The number of fused-ring (bicyclic) bond motifs is 1. The number of aromatic nitrogens is 1. The number of hydrazone groups is 1. The molecule has 6 heteroatoms. The van der Waals surface area contributed by atoms with Gasteiger partial charge in [-0.25, -0.2) is 4.98 Å². The van der Waals surface area contributed by atoms with Crippen LogP contribution in [0.15, 0.2) is 41.5 Å². The Morgan fingerprint density at radius 1 is 1.19 bits per heavy atom. The van der Waals surface area contributed by atoms with Gasteiger partial charge in [-0.2, -0.15) is 5.10 Å². The molecule has 144 valence electrons. The summed E-state index contributed by atoms with van der Waals surface area (Å²) in [6, 6.07) is 12.0. The molecular weight excluding hydrogens is 338 g/mol. The van der Waals surface area contributed by atoms with Crippen LogP contribution in [0.3, 0.4) is 0 Å². The van der Waals surface area contributed by atoms with Gasteiger partial charge in [-0.05, 0) is 70.4 Å². The normalized spacial score (nSPS) is 15.1. The molecule has 0 saturated heterocycles. The highest BCUT2D eigenvalue weighted by atomic mass is 16.5. The van der Waals surface area contributed by atoms with Gasteiger partial charge in [0.05, 0.1) is 18.5 Å². The van der Waals surface area contributed by atoms with E-state index in [1.807, 2.05) is 31.2 Å². The fourth-order valence-corrected chi connectivity index (χ4v) is 3.20. The third kappa shape index (κ3) is 4.98. The Bertz CT molecular complexity index is 786. The van der Waals surface area contributed by atoms with Crippen molar-refractivity contribution in [1.29, 1.82) is 0 Å². The number of rotatable bonds is 7. The molecule has 2 heterocycles. The molecule has 1 aromatic heterocycles. The summed E-state index contributed by atoms with van der Waals surface area (Å²) in [6.45, 7) is 5.08. The standard InChI is InChI=1S/C21H29N5O/c1-16-6-11-19-20(24-23-17-7-9-18(27-4)10-8-17)12-15-26(21(19)22-16)14-5-13-25(2)3/h6-11,23H,5,12-15H2,1-4H3/b24-20+. The van der Waals surface area contributed by atoms with Gasteiger partial charge in [-0.15, -0.1) is 0 Å². The van der Waals surface area contributed by atoms with Crippen molar-refractivity contribution in [2.75, 3.05) is 51.2 Å². The molecule has 3 rings (SSSR count). The van der Waals surface area contributed by atoms with E-state index in [0.29, 0.717) is 0 Å². The summed E-state index contributed by atoms with van der Waals surface area (Å²) in [4.78, 5) is 9.42. The summed E-state index contributed by atoms with van der Waals surface area (Å²) in [6.07, 6.45) is 2.03. The lowest BCUT2D eigenvalue weighted by Gasteiger charge is -2.31. The first-order valence-electron chi connectivity index (χ1n) is 9.41. The highest BCUT2D eigenvalue weighted by Crippen LogP contribution is 2.26. The number of pyridine rings is 1. The first-order chi connectivity index (χ1) is 13.1. The third-order valence-corrected chi connectivity index (χ3v) is 4.69. The maximum Gasteiger partial charge on any atom is 0.138 e. The number of nitrogens with one attached hydrogen (secondary N) is 1. The van der Waals surface area contributed by atoms with Crippen LogP contribution in [0.1, 0.15) is 24.1 Å². The van der Waals surface area contributed by atoms with E-state index in [4.69, 9.17) is 9.72 Å². The van der Waals surface area contributed by atoms with Gasteiger partial charge in [0.25, 0.3) is 0 Å². The zero-order valence-electron chi connectivity index (χ0n) is 16.7. The second kappa shape index (κ2) is 8.86. The fourth-order valence-electron chi connectivity index (χ4n) is 3.20. The Hall–Kier alpha value is -2.60. The van der Waals surface area contributed by atoms with Gasteiger partial charge in [0.15, 0.2) is 0 Å². The minimum atomic E-state index is 0.837. The van der Waals surface area contributed by atoms with Crippen molar-refractivity contribution in [3.8, 4) is 5.75 Å². The third-order valence-electron chi connectivity index (χ3n) is 4.69. The number of anilines is 2. The topological polar surface area (TPSA) is 53.0 Å². The van der Waals surface area contributed by atoms with Crippen LogP contribution in [0.2, 0.25) is 0 Å². The molecule has 0 aliphatic carbocycles. The van der Waals surface area contributed by atoms with Gasteiger partial charge in [-0.3, -0.25) is 5.43 Å². The van der Waals surface area contributed by atoms with Gasteiger partial charge in [0, 0.05) is 30.8 Å². The number of aryl methyl sites for hydroxylation is 1. The first kappa shape index (κ1) is 19.2. The van der Waals surface area contributed by atoms with E-state index in [1.54, 1.807) is 7.11 Å². The molecule has 1 N–H and O–H groups in total. The largest absolute Gasteiger partial charge is 0.497 e. The lowest BCUT2D eigenvalue weighted by molar-refractivity contribution is 0.400. The minimum Gasteiger partial charge on any atom is -0.497 e. The molecule has 1 aliphatic rings. The van der Waals surface area contributed by atoms with Gasteiger partial charge in [0.1, 0.15) is 11.6 Å². The van der Waals surface area contributed by atoms with Gasteiger partial charge in [0.2, 0.25) is 0 Å². The quantitative estimate of drug-likeness (QED) is 0.761. The zero-order valence-corrected chi connectivity index (χ0v) is 16.7. The van der Waals surface area contributed by atoms with Crippen molar-refractivity contribution in [2.24, 2.45) is 5.10 Å². The maximum atomic E-state index is 5.20. The highest BCUT2D eigenvalue weighted by Gasteiger charge is 2.23. The van der Waals surface area contributed by atoms with Crippen LogP contribution in [-0.4, -0.2) is 56.4 Å². The van der Waals surface area contributed by atoms with Crippen LogP contribution < -0.4 is 15.1 Å². The molecule has 6 nitrogen and oxygen atoms in total. The number of nitrogens with zero attached hydrogens (tertiary/aromatic N) is 4. The van der Waals surface area contributed by atoms with Crippen molar-refractivity contribution >= 4 is 17.2 Å². The smallest absolute Gasteiger partial charge is 0.138 e. The van der Waals surface area contributed by atoms with Crippen LogP contribution in [-0.2, 0) is 0 Å². The van der Waals surface area contributed by atoms with E-state index < -0.39 is 0 Å². The Balaban J connectivity index is 1.76. The number of hydrogen-bond donors (Lipinski definition) is 1. The van der Waals surface area contributed by atoms with Gasteiger partial charge >= 0.3 is 0 Å². The summed E-state index contributed by atoms with van der Waals surface area (Å²) in [5, 5.41) is 4.67. The van der Waals surface area contributed by atoms with E-state index in [1.165, 1.54) is 0 Å². The van der Waals surface area contributed by atoms with Gasteiger partial charge < -0.3 is 14.5 Å². The summed E-state index contributed by atoms with van der Waals surface area (Å²) in [5.41, 5.74) is 7.33. The Labute approximate surface area is 161 Å². The molecule has 1 aromatic carbocycles. The van der Waals surface area contributed by atoms with E-state index in [-0.39, 0.29) is 0 Å². The molecule has 0 amide bonds. The molecule has 0 saturated carbocycles. The molecule has 27 heavy (non-hydrogen) atoms.